The molecule has 1 aromatic heterocycles. The zero-order valence-electron chi connectivity index (χ0n) is 10.9. The van der Waals surface area contributed by atoms with Gasteiger partial charge in [0.05, 0.1) is 5.56 Å². The van der Waals surface area contributed by atoms with Gasteiger partial charge in [-0.2, -0.15) is 5.26 Å². The van der Waals surface area contributed by atoms with Crippen LogP contribution < -0.4 is 5.32 Å². The molecule has 0 unspecified atom stereocenters. The molecule has 0 aliphatic heterocycles. The molecule has 0 saturated carbocycles. The fourth-order valence-electron chi connectivity index (χ4n) is 1.94. The van der Waals surface area contributed by atoms with E-state index in [1.165, 1.54) is 0 Å². The van der Waals surface area contributed by atoms with Crippen molar-refractivity contribution in [2.75, 3.05) is 5.32 Å². The Balaban J connectivity index is 2.22. The Morgan fingerprint density at radius 1 is 1.32 bits per heavy atom. The Hall–Kier alpha value is -2.05. The number of nitrogens with zero attached hydrogens (tertiary/aromatic N) is 2. The second-order valence-electron chi connectivity index (χ2n) is 4.40. The van der Waals surface area contributed by atoms with E-state index >= 15 is 0 Å². The fraction of sp³-hybridized carbons (Fsp3) is 0.200. The molecular formula is C15H14ClN3. The molecule has 0 amide bonds. The van der Waals surface area contributed by atoms with E-state index in [-0.39, 0.29) is 0 Å². The number of hydrogen-bond acceptors (Lipinski definition) is 3. The quantitative estimate of drug-likeness (QED) is 0.923. The molecule has 0 atom stereocenters. The molecule has 96 valence electrons. The van der Waals surface area contributed by atoms with Crippen molar-refractivity contribution in [1.29, 1.82) is 5.26 Å². The van der Waals surface area contributed by atoms with E-state index in [1.807, 2.05) is 44.2 Å². The third kappa shape index (κ3) is 3.24. The van der Waals surface area contributed by atoms with Crippen molar-refractivity contribution in [3.8, 4) is 6.07 Å². The molecule has 1 N–H and O–H groups in total. The summed E-state index contributed by atoms with van der Waals surface area (Å²) in [6, 6.07) is 11.7. The first-order valence-corrected chi connectivity index (χ1v) is 6.34. The minimum absolute atomic E-state index is 0.588. The monoisotopic (exact) mass is 271 g/mol. The van der Waals surface area contributed by atoms with E-state index in [4.69, 9.17) is 11.6 Å². The maximum atomic E-state index is 9.18. The highest BCUT2D eigenvalue weighted by Crippen LogP contribution is 2.19. The molecular weight excluding hydrogens is 258 g/mol. The van der Waals surface area contributed by atoms with E-state index in [0.29, 0.717) is 22.9 Å². The van der Waals surface area contributed by atoms with E-state index < -0.39 is 0 Å². The van der Waals surface area contributed by atoms with Gasteiger partial charge in [-0.15, -0.1) is 0 Å². The SMILES string of the molecule is Cc1cc(C)c(C#N)c(NCc2cccc(Cl)c2)n1. The van der Waals surface area contributed by atoms with E-state index in [1.54, 1.807) is 0 Å². The minimum atomic E-state index is 0.588. The maximum Gasteiger partial charge on any atom is 0.144 e. The Morgan fingerprint density at radius 3 is 2.79 bits per heavy atom. The molecule has 3 nitrogen and oxygen atoms in total. The number of nitriles is 1. The number of nitrogens with one attached hydrogen (secondary N) is 1. The third-order valence-electron chi connectivity index (χ3n) is 2.81. The third-order valence-corrected chi connectivity index (χ3v) is 3.04. The number of pyridine rings is 1. The summed E-state index contributed by atoms with van der Waals surface area (Å²) in [5.74, 6) is 0.625. The molecule has 1 aromatic carbocycles. The van der Waals surface area contributed by atoms with E-state index in [2.05, 4.69) is 16.4 Å². The highest BCUT2D eigenvalue weighted by molar-refractivity contribution is 6.30. The average Bonchev–Trinajstić information content (AvgIpc) is 2.36. The number of aromatic nitrogens is 1. The van der Waals surface area contributed by atoms with E-state index in [0.717, 1.165) is 16.8 Å². The molecule has 2 rings (SSSR count). The predicted octanol–water partition coefficient (Wildman–Crippen LogP) is 3.84. The van der Waals surface area contributed by atoms with Crippen LogP contribution in [0.3, 0.4) is 0 Å². The largest absolute Gasteiger partial charge is 0.365 e. The lowest BCUT2D eigenvalue weighted by Gasteiger charge is -2.10. The highest BCUT2D eigenvalue weighted by atomic mass is 35.5. The molecule has 0 radical (unpaired) electrons. The van der Waals surface area contributed by atoms with Gasteiger partial charge in [-0.25, -0.2) is 4.98 Å². The Morgan fingerprint density at radius 2 is 2.11 bits per heavy atom. The van der Waals surface area contributed by atoms with Gasteiger partial charge < -0.3 is 5.32 Å². The number of hydrogen-bond donors (Lipinski definition) is 1. The second-order valence-corrected chi connectivity index (χ2v) is 4.84. The molecule has 1 heterocycles. The minimum Gasteiger partial charge on any atom is -0.365 e. The predicted molar refractivity (Wildman–Crippen MR) is 77.2 cm³/mol. The van der Waals surface area contributed by atoms with Crippen LogP contribution in [-0.2, 0) is 6.54 Å². The molecule has 19 heavy (non-hydrogen) atoms. The van der Waals surface area contributed by atoms with Gasteiger partial charge >= 0.3 is 0 Å². The molecule has 2 aromatic rings. The van der Waals surface area contributed by atoms with Crippen molar-refractivity contribution in [1.82, 2.24) is 4.98 Å². The topological polar surface area (TPSA) is 48.7 Å². The molecule has 0 fully saturated rings. The van der Waals surface area contributed by atoms with Gasteiger partial charge in [0.25, 0.3) is 0 Å². The summed E-state index contributed by atoms with van der Waals surface area (Å²) in [5, 5.41) is 13.1. The molecule has 0 aliphatic rings. The standard InChI is InChI=1S/C15H14ClN3/c1-10-6-11(2)19-15(14(10)8-17)18-9-12-4-3-5-13(16)7-12/h3-7H,9H2,1-2H3,(H,18,19). The summed E-state index contributed by atoms with van der Waals surface area (Å²) in [7, 11) is 0. The molecule has 0 saturated heterocycles. The van der Waals surface area contributed by atoms with Crippen LogP contribution in [0.2, 0.25) is 5.02 Å². The van der Waals surface area contributed by atoms with Crippen LogP contribution in [-0.4, -0.2) is 4.98 Å². The van der Waals surface area contributed by atoms with Crippen molar-refractivity contribution in [3.63, 3.8) is 0 Å². The van der Waals surface area contributed by atoms with Crippen LogP contribution in [0.5, 0.6) is 0 Å². The van der Waals surface area contributed by atoms with Crippen molar-refractivity contribution in [2.45, 2.75) is 20.4 Å². The molecule has 0 aliphatic carbocycles. The molecule has 0 spiro atoms. The fourth-order valence-corrected chi connectivity index (χ4v) is 2.15. The molecule has 4 heteroatoms. The van der Waals surface area contributed by atoms with Gasteiger partial charge in [-0.3, -0.25) is 0 Å². The second kappa shape index (κ2) is 5.73. The Labute approximate surface area is 117 Å². The Bertz CT molecular complexity index is 644. The van der Waals surface area contributed by atoms with Crippen LogP contribution in [0, 0.1) is 25.2 Å². The van der Waals surface area contributed by atoms with Crippen LogP contribution in [0.25, 0.3) is 0 Å². The zero-order chi connectivity index (χ0) is 13.8. The summed E-state index contributed by atoms with van der Waals surface area (Å²) in [5.41, 5.74) is 3.47. The number of halogens is 1. The summed E-state index contributed by atoms with van der Waals surface area (Å²) >= 11 is 5.94. The van der Waals surface area contributed by atoms with Gasteiger partial charge in [0.1, 0.15) is 11.9 Å². The first-order chi connectivity index (χ1) is 9.10. The number of anilines is 1. The van der Waals surface area contributed by atoms with Crippen LogP contribution in [0.15, 0.2) is 30.3 Å². The lowest BCUT2D eigenvalue weighted by Crippen LogP contribution is -2.05. The normalized spacial score (nSPS) is 10.0. The first kappa shape index (κ1) is 13.4. The van der Waals surface area contributed by atoms with Gasteiger partial charge in [-0.1, -0.05) is 23.7 Å². The first-order valence-electron chi connectivity index (χ1n) is 5.97. The van der Waals surface area contributed by atoms with Gasteiger partial charge in [-0.05, 0) is 43.2 Å². The lowest BCUT2D eigenvalue weighted by molar-refractivity contribution is 1.07. The van der Waals surface area contributed by atoms with Crippen LogP contribution in [0.1, 0.15) is 22.4 Å². The van der Waals surface area contributed by atoms with Crippen molar-refractivity contribution in [3.05, 3.63) is 57.7 Å². The summed E-state index contributed by atoms with van der Waals surface area (Å²) in [6.45, 7) is 4.42. The van der Waals surface area contributed by atoms with Gasteiger partial charge in [0, 0.05) is 17.3 Å². The summed E-state index contributed by atoms with van der Waals surface area (Å²) < 4.78 is 0. The average molecular weight is 272 g/mol. The lowest BCUT2D eigenvalue weighted by atomic mass is 10.1. The smallest absolute Gasteiger partial charge is 0.144 e. The summed E-state index contributed by atoms with van der Waals surface area (Å²) in [6.07, 6.45) is 0. The highest BCUT2D eigenvalue weighted by Gasteiger charge is 2.08. The maximum absolute atomic E-state index is 9.18. The van der Waals surface area contributed by atoms with Crippen molar-refractivity contribution < 1.29 is 0 Å². The van der Waals surface area contributed by atoms with Crippen LogP contribution in [0.4, 0.5) is 5.82 Å². The van der Waals surface area contributed by atoms with Crippen LogP contribution >= 0.6 is 11.6 Å². The van der Waals surface area contributed by atoms with Crippen molar-refractivity contribution >= 4 is 17.4 Å². The van der Waals surface area contributed by atoms with Gasteiger partial charge in [0.15, 0.2) is 0 Å². The summed E-state index contributed by atoms with van der Waals surface area (Å²) in [4.78, 5) is 4.38. The van der Waals surface area contributed by atoms with Gasteiger partial charge in [0.2, 0.25) is 0 Å². The van der Waals surface area contributed by atoms with E-state index in [9.17, 15) is 5.26 Å². The Kier molecular flexibility index (Phi) is 4.03. The van der Waals surface area contributed by atoms with Crippen molar-refractivity contribution in [2.24, 2.45) is 0 Å². The zero-order valence-corrected chi connectivity index (χ0v) is 11.6. The molecule has 0 bridgehead atoms. The number of rotatable bonds is 3. The number of aryl methyl sites for hydroxylation is 2. The number of benzene rings is 1.